The van der Waals surface area contributed by atoms with Crippen molar-refractivity contribution in [3.8, 4) is 0 Å². The molecule has 2 saturated heterocycles. The lowest BCUT2D eigenvalue weighted by Gasteiger charge is -2.41. The Balaban J connectivity index is 1.37. The monoisotopic (exact) mass is 573 g/mol. The van der Waals surface area contributed by atoms with Gasteiger partial charge in [0.25, 0.3) is 0 Å². The number of hydrogen-bond donors (Lipinski definition) is 2. The fourth-order valence-electron chi connectivity index (χ4n) is 5.33. The molecule has 0 spiro atoms. The van der Waals surface area contributed by atoms with Gasteiger partial charge in [-0.3, -0.25) is 4.57 Å². The number of aliphatic hydroxyl groups is 1. The Bertz CT molecular complexity index is 1410. The van der Waals surface area contributed by atoms with Crippen molar-refractivity contribution in [2.75, 3.05) is 61.7 Å². The minimum atomic E-state index is -3.06. The Morgan fingerprint density at radius 3 is 2.58 bits per heavy atom. The third kappa shape index (κ3) is 5.76. The van der Waals surface area contributed by atoms with E-state index in [0.29, 0.717) is 49.8 Å². The zero-order valence-electron chi connectivity index (χ0n) is 23.5. The van der Waals surface area contributed by atoms with Gasteiger partial charge in [-0.05, 0) is 42.3 Å². The molecule has 5 rings (SSSR count). The highest BCUT2D eigenvalue weighted by molar-refractivity contribution is 7.53. The molecular weight excluding hydrogens is 536 g/mol. The first-order chi connectivity index (χ1) is 19.0. The second-order valence-electron chi connectivity index (χ2n) is 11.1. The van der Waals surface area contributed by atoms with Gasteiger partial charge in [-0.25, -0.2) is 19.3 Å². The quantitative estimate of drug-likeness (QED) is 0.351. The van der Waals surface area contributed by atoms with Crippen LogP contribution in [0.1, 0.15) is 38.7 Å². The number of piperidine rings is 1. The zero-order valence-corrected chi connectivity index (χ0v) is 24.4. The van der Waals surface area contributed by atoms with E-state index in [9.17, 15) is 14.1 Å². The van der Waals surface area contributed by atoms with Gasteiger partial charge in [-0.15, -0.1) is 0 Å². The van der Waals surface area contributed by atoms with Gasteiger partial charge in [-0.2, -0.15) is 4.98 Å². The largest absolute Gasteiger partial charge is 0.390 e. The standard InChI is InChI=1S/C27H37FN7O4P/c1-17(2)20-11-31-25(35-13-18(14-35)15-40(37,38-4)39-5)21-12-30-24(10-19(20)21)32-23-6-8-29-26(33-23)34-9-7-22(36)27(3,28)16-34/h6,8,10-12,17-18,22,36H,7,9,13-16H2,1-5H3,(H,29,30,32,33)/t22-,27+/m1/s1. The molecule has 3 aromatic heterocycles. The fourth-order valence-corrected chi connectivity index (χ4v) is 6.64. The van der Waals surface area contributed by atoms with E-state index in [2.05, 4.69) is 39.0 Å². The number of fused-ring (bicyclic) bond motifs is 1. The third-order valence-corrected chi connectivity index (χ3v) is 9.82. The van der Waals surface area contributed by atoms with Crippen molar-refractivity contribution in [1.29, 1.82) is 0 Å². The Morgan fingerprint density at radius 1 is 1.15 bits per heavy atom. The van der Waals surface area contributed by atoms with E-state index in [-0.39, 0.29) is 18.4 Å². The van der Waals surface area contributed by atoms with Gasteiger partial charge in [0.05, 0.1) is 18.8 Å². The van der Waals surface area contributed by atoms with E-state index in [4.69, 9.17) is 14.0 Å². The van der Waals surface area contributed by atoms with Crippen molar-refractivity contribution in [2.24, 2.45) is 5.92 Å². The molecule has 0 radical (unpaired) electrons. The molecule has 0 aromatic carbocycles. The van der Waals surface area contributed by atoms with E-state index >= 15 is 0 Å². The molecule has 2 fully saturated rings. The summed E-state index contributed by atoms with van der Waals surface area (Å²) in [6.07, 6.45) is 5.03. The summed E-state index contributed by atoms with van der Waals surface area (Å²) < 4.78 is 37.5. The lowest BCUT2D eigenvalue weighted by Crippen LogP contribution is -2.52. The molecule has 2 N–H and O–H groups in total. The normalized spacial score (nSPS) is 22.1. The SMILES string of the molecule is COP(=O)(CC1CN(c2ncc(C(C)C)c3cc(Nc4ccnc(N5CC[C@@H](O)[C@@](C)(F)C5)n4)ncc23)C1)OC. The lowest BCUT2D eigenvalue weighted by molar-refractivity contribution is -0.00860. The van der Waals surface area contributed by atoms with E-state index in [1.54, 1.807) is 17.2 Å². The first-order valence-electron chi connectivity index (χ1n) is 13.5. The second kappa shape index (κ2) is 11.2. The second-order valence-corrected chi connectivity index (χ2v) is 13.4. The molecule has 0 bridgehead atoms. The van der Waals surface area contributed by atoms with E-state index < -0.39 is 19.4 Å². The highest BCUT2D eigenvalue weighted by Crippen LogP contribution is 2.49. The highest BCUT2D eigenvalue weighted by atomic mass is 31.2. The van der Waals surface area contributed by atoms with Crippen molar-refractivity contribution >= 4 is 41.8 Å². The highest BCUT2D eigenvalue weighted by Gasteiger charge is 2.40. The average molecular weight is 574 g/mol. The van der Waals surface area contributed by atoms with E-state index in [0.717, 1.165) is 22.2 Å². The summed E-state index contributed by atoms with van der Waals surface area (Å²) in [5.41, 5.74) is -0.629. The van der Waals surface area contributed by atoms with Crippen molar-refractivity contribution in [2.45, 2.75) is 44.9 Å². The fraction of sp³-hybridized carbons (Fsp3) is 0.556. The van der Waals surface area contributed by atoms with Gasteiger partial charge in [0.2, 0.25) is 5.95 Å². The van der Waals surface area contributed by atoms with Crippen molar-refractivity contribution in [3.63, 3.8) is 0 Å². The van der Waals surface area contributed by atoms with Crippen LogP contribution in [0.5, 0.6) is 0 Å². The number of pyridine rings is 2. The predicted molar refractivity (Wildman–Crippen MR) is 153 cm³/mol. The number of alkyl halides is 1. The Kier molecular flexibility index (Phi) is 7.98. The van der Waals surface area contributed by atoms with Crippen LogP contribution in [0.25, 0.3) is 10.8 Å². The minimum Gasteiger partial charge on any atom is -0.390 e. The molecule has 216 valence electrons. The van der Waals surface area contributed by atoms with Gasteiger partial charge in [-0.1, -0.05) is 13.8 Å². The lowest BCUT2D eigenvalue weighted by atomic mass is 9.94. The van der Waals surface area contributed by atoms with Crippen LogP contribution >= 0.6 is 7.60 Å². The number of hydrogen-bond acceptors (Lipinski definition) is 11. The summed E-state index contributed by atoms with van der Waals surface area (Å²) in [6, 6.07) is 3.73. The van der Waals surface area contributed by atoms with Gasteiger partial charge >= 0.3 is 7.60 Å². The number of aliphatic hydroxyl groups excluding tert-OH is 1. The number of nitrogens with one attached hydrogen (secondary N) is 1. The third-order valence-electron chi connectivity index (χ3n) is 7.75. The molecule has 40 heavy (non-hydrogen) atoms. The zero-order chi connectivity index (χ0) is 28.7. The molecule has 2 atom stereocenters. The van der Waals surface area contributed by atoms with E-state index in [1.807, 2.05) is 18.5 Å². The smallest absolute Gasteiger partial charge is 0.330 e. The van der Waals surface area contributed by atoms with Gasteiger partial charge in [0, 0.05) is 63.7 Å². The van der Waals surface area contributed by atoms with Crippen molar-refractivity contribution in [3.05, 3.63) is 36.3 Å². The van der Waals surface area contributed by atoms with Crippen LogP contribution in [0.2, 0.25) is 0 Å². The van der Waals surface area contributed by atoms with Crippen LogP contribution in [-0.4, -0.2) is 83.4 Å². The molecule has 11 nitrogen and oxygen atoms in total. The molecule has 3 aromatic rings. The summed E-state index contributed by atoms with van der Waals surface area (Å²) in [4.78, 5) is 22.3. The van der Waals surface area contributed by atoms with Gasteiger partial charge in [0.1, 0.15) is 17.5 Å². The molecule has 5 heterocycles. The molecular formula is C27H37FN7O4P. The number of rotatable bonds is 9. The Hall–Kier alpha value is -2.92. The van der Waals surface area contributed by atoms with Crippen molar-refractivity contribution in [1.82, 2.24) is 19.9 Å². The topological polar surface area (TPSA) is 126 Å². The molecule has 0 unspecified atom stereocenters. The summed E-state index contributed by atoms with van der Waals surface area (Å²) in [5.74, 6) is 2.82. The number of nitrogens with zero attached hydrogens (tertiary/aromatic N) is 6. The molecule has 13 heteroatoms. The molecule has 0 aliphatic carbocycles. The Labute approximate surface area is 233 Å². The summed E-state index contributed by atoms with van der Waals surface area (Å²) in [6.45, 7) is 7.55. The number of anilines is 4. The maximum absolute atomic E-state index is 14.7. The van der Waals surface area contributed by atoms with Crippen LogP contribution in [-0.2, 0) is 13.6 Å². The maximum atomic E-state index is 14.7. The molecule has 2 aliphatic heterocycles. The van der Waals surface area contributed by atoms with Gasteiger partial charge < -0.3 is 29.3 Å². The van der Waals surface area contributed by atoms with Crippen molar-refractivity contribution < 1.29 is 23.1 Å². The minimum absolute atomic E-state index is 0.0191. The molecule has 0 amide bonds. The maximum Gasteiger partial charge on any atom is 0.330 e. The molecule has 0 saturated carbocycles. The predicted octanol–water partition coefficient (Wildman–Crippen LogP) is 4.51. The average Bonchev–Trinajstić information content (AvgIpc) is 2.91. The summed E-state index contributed by atoms with van der Waals surface area (Å²) in [5, 5.41) is 15.2. The first kappa shape index (κ1) is 28.6. The first-order valence-corrected chi connectivity index (χ1v) is 15.2. The van der Waals surface area contributed by atoms with Crippen LogP contribution < -0.4 is 15.1 Å². The van der Waals surface area contributed by atoms with Crippen LogP contribution in [0.3, 0.4) is 0 Å². The molecule has 2 aliphatic rings. The van der Waals surface area contributed by atoms with Gasteiger partial charge in [0.15, 0.2) is 5.67 Å². The van der Waals surface area contributed by atoms with Crippen LogP contribution in [0.4, 0.5) is 27.8 Å². The summed E-state index contributed by atoms with van der Waals surface area (Å²) >= 11 is 0. The Morgan fingerprint density at radius 2 is 1.90 bits per heavy atom. The summed E-state index contributed by atoms with van der Waals surface area (Å²) in [7, 11) is -0.232. The number of halogens is 1. The van der Waals surface area contributed by atoms with Crippen LogP contribution in [0, 0.1) is 5.92 Å². The van der Waals surface area contributed by atoms with E-state index in [1.165, 1.54) is 21.1 Å². The van der Waals surface area contributed by atoms with Crippen LogP contribution in [0.15, 0.2) is 30.7 Å². The number of aromatic nitrogens is 4.